The number of carbonyl (C=O) groups is 2. The van der Waals surface area contributed by atoms with Gasteiger partial charge in [0.15, 0.2) is 5.82 Å². The second kappa shape index (κ2) is 7.55. The zero-order chi connectivity index (χ0) is 14.3. The van der Waals surface area contributed by atoms with Crippen LogP contribution in [-0.4, -0.2) is 29.9 Å². The molecule has 0 aliphatic carbocycles. The molecule has 104 valence electrons. The monoisotopic (exact) mass is 285 g/mol. The molecule has 1 aromatic rings. The number of halogens is 1. The van der Waals surface area contributed by atoms with Crippen LogP contribution in [0.5, 0.6) is 0 Å². The fraction of sp³-hybridized carbons (Fsp3) is 0.364. The number of rotatable bonds is 6. The Kier molecular flexibility index (Phi) is 6.04. The van der Waals surface area contributed by atoms with Crippen LogP contribution in [0.1, 0.15) is 23.7 Å². The van der Waals surface area contributed by atoms with Crippen LogP contribution in [0.4, 0.5) is 5.82 Å². The van der Waals surface area contributed by atoms with Crippen molar-refractivity contribution in [3.8, 4) is 0 Å². The minimum Gasteiger partial charge on any atom is -0.356 e. The van der Waals surface area contributed by atoms with Crippen LogP contribution in [0.3, 0.4) is 0 Å². The maximum absolute atomic E-state index is 11.7. The molecule has 1 heterocycles. The van der Waals surface area contributed by atoms with Crippen LogP contribution in [0.25, 0.3) is 0 Å². The fourth-order valence-corrected chi connectivity index (χ4v) is 1.57. The van der Waals surface area contributed by atoms with Gasteiger partial charge in [-0.2, -0.15) is 0 Å². The lowest BCUT2D eigenvalue weighted by Crippen LogP contribution is -2.30. The molecule has 0 atom stereocenters. The summed E-state index contributed by atoms with van der Waals surface area (Å²) in [6.45, 7) is 2.65. The Morgan fingerprint density at radius 3 is 2.74 bits per heavy atom. The highest BCUT2D eigenvalue weighted by Gasteiger charge is 2.09. The van der Waals surface area contributed by atoms with Crippen molar-refractivity contribution in [3.05, 3.63) is 22.8 Å². The first-order valence-corrected chi connectivity index (χ1v) is 6.13. The summed E-state index contributed by atoms with van der Waals surface area (Å²) >= 11 is 5.85. The molecule has 0 aliphatic heterocycles. The molecule has 19 heavy (non-hydrogen) atoms. The molecule has 1 aromatic heterocycles. The molecule has 0 aliphatic rings. The van der Waals surface area contributed by atoms with Gasteiger partial charge in [-0.25, -0.2) is 10.8 Å². The number of pyridine rings is 1. The van der Waals surface area contributed by atoms with E-state index in [0.717, 1.165) is 0 Å². The van der Waals surface area contributed by atoms with Crippen LogP contribution in [-0.2, 0) is 4.79 Å². The quantitative estimate of drug-likeness (QED) is 0.443. The Balaban J connectivity index is 2.50. The van der Waals surface area contributed by atoms with Gasteiger partial charge in [0.1, 0.15) is 0 Å². The molecule has 7 nitrogen and oxygen atoms in total. The van der Waals surface area contributed by atoms with E-state index in [-0.39, 0.29) is 29.8 Å². The van der Waals surface area contributed by atoms with Crippen molar-refractivity contribution in [1.82, 2.24) is 15.6 Å². The minimum atomic E-state index is -0.345. The van der Waals surface area contributed by atoms with Gasteiger partial charge in [-0.05, 0) is 13.0 Å². The van der Waals surface area contributed by atoms with Gasteiger partial charge in [0.25, 0.3) is 5.91 Å². The number of nitrogens with two attached hydrogens (primary N) is 1. The van der Waals surface area contributed by atoms with Crippen LogP contribution >= 0.6 is 11.6 Å². The molecular weight excluding hydrogens is 270 g/mol. The number of hydrazine groups is 1. The molecule has 0 aromatic carbocycles. The Hall–Kier alpha value is -1.86. The number of nitrogens with one attached hydrogen (secondary N) is 3. The SMILES string of the molecule is CCNC(=O)CCNC(=O)c1cnc(NN)c(Cl)c1. The predicted molar refractivity (Wildman–Crippen MR) is 72.7 cm³/mol. The summed E-state index contributed by atoms with van der Waals surface area (Å²) in [7, 11) is 0. The lowest BCUT2D eigenvalue weighted by molar-refractivity contribution is -0.120. The van der Waals surface area contributed by atoms with E-state index in [1.165, 1.54) is 12.3 Å². The highest BCUT2D eigenvalue weighted by atomic mass is 35.5. The van der Waals surface area contributed by atoms with Crippen LogP contribution < -0.4 is 21.9 Å². The van der Waals surface area contributed by atoms with Gasteiger partial charge in [0.2, 0.25) is 5.91 Å². The van der Waals surface area contributed by atoms with Crippen LogP contribution in [0, 0.1) is 0 Å². The largest absolute Gasteiger partial charge is 0.356 e. The Labute approximate surface area is 115 Å². The highest BCUT2D eigenvalue weighted by Crippen LogP contribution is 2.18. The Bertz CT molecular complexity index is 466. The summed E-state index contributed by atoms with van der Waals surface area (Å²) in [6, 6.07) is 1.45. The first-order valence-electron chi connectivity index (χ1n) is 5.75. The molecule has 2 amide bonds. The van der Waals surface area contributed by atoms with E-state index in [1.54, 1.807) is 0 Å². The first kappa shape index (κ1) is 15.2. The summed E-state index contributed by atoms with van der Waals surface area (Å²) in [5.41, 5.74) is 2.61. The van der Waals surface area contributed by atoms with Gasteiger partial charge in [0, 0.05) is 25.7 Å². The number of hydrogen-bond acceptors (Lipinski definition) is 5. The second-order valence-corrected chi connectivity index (χ2v) is 4.07. The van der Waals surface area contributed by atoms with E-state index in [4.69, 9.17) is 17.4 Å². The van der Waals surface area contributed by atoms with E-state index in [9.17, 15) is 9.59 Å². The first-order chi connectivity index (χ1) is 9.08. The molecule has 0 fully saturated rings. The molecular formula is C11H16ClN5O2. The van der Waals surface area contributed by atoms with Crippen LogP contribution in [0.2, 0.25) is 5.02 Å². The third-order valence-corrected chi connectivity index (χ3v) is 2.54. The molecule has 0 radical (unpaired) electrons. The van der Waals surface area contributed by atoms with Gasteiger partial charge in [-0.1, -0.05) is 11.6 Å². The zero-order valence-electron chi connectivity index (χ0n) is 10.5. The lowest BCUT2D eigenvalue weighted by atomic mass is 10.2. The van der Waals surface area contributed by atoms with Crippen molar-refractivity contribution >= 4 is 29.2 Å². The Morgan fingerprint density at radius 1 is 1.42 bits per heavy atom. The number of anilines is 1. The van der Waals surface area contributed by atoms with Crippen molar-refractivity contribution in [2.24, 2.45) is 5.84 Å². The van der Waals surface area contributed by atoms with E-state index in [0.29, 0.717) is 17.9 Å². The summed E-state index contributed by atoms with van der Waals surface area (Å²) in [5, 5.41) is 5.49. The maximum atomic E-state index is 11.7. The van der Waals surface area contributed by atoms with Crippen molar-refractivity contribution in [3.63, 3.8) is 0 Å². The van der Waals surface area contributed by atoms with Gasteiger partial charge in [-0.15, -0.1) is 0 Å². The topological polar surface area (TPSA) is 109 Å². The van der Waals surface area contributed by atoms with E-state index in [1.807, 2.05) is 6.92 Å². The number of aromatic nitrogens is 1. The van der Waals surface area contributed by atoms with Gasteiger partial charge in [0.05, 0.1) is 10.6 Å². The number of amides is 2. The van der Waals surface area contributed by atoms with Crippen molar-refractivity contribution in [2.45, 2.75) is 13.3 Å². The van der Waals surface area contributed by atoms with E-state index >= 15 is 0 Å². The molecule has 0 saturated heterocycles. The second-order valence-electron chi connectivity index (χ2n) is 3.66. The molecule has 0 unspecified atom stereocenters. The number of nitrogen functional groups attached to an aromatic ring is 1. The minimum absolute atomic E-state index is 0.110. The summed E-state index contributed by atoms with van der Waals surface area (Å²) in [4.78, 5) is 26.8. The average Bonchev–Trinajstić information content (AvgIpc) is 2.38. The normalized spacial score (nSPS) is 9.84. The van der Waals surface area contributed by atoms with Crippen LogP contribution in [0.15, 0.2) is 12.3 Å². The smallest absolute Gasteiger partial charge is 0.252 e. The predicted octanol–water partition coefficient (Wildman–Crippen LogP) is 0.277. The molecule has 5 N–H and O–H groups in total. The standard InChI is InChI=1S/C11H16ClN5O2/c1-2-14-9(18)3-4-15-11(19)7-5-8(12)10(17-13)16-6-7/h5-6H,2-4,13H2,1H3,(H,14,18)(H,15,19)(H,16,17). The number of hydrogen-bond donors (Lipinski definition) is 4. The van der Waals surface area contributed by atoms with Crippen molar-refractivity contribution in [1.29, 1.82) is 0 Å². The summed E-state index contributed by atoms with van der Waals surface area (Å²) in [6.07, 6.45) is 1.58. The average molecular weight is 286 g/mol. The number of carbonyl (C=O) groups excluding carboxylic acids is 2. The Morgan fingerprint density at radius 2 is 2.16 bits per heavy atom. The molecule has 8 heteroatoms. The number of nitrogens with zero attached hydrogens (tertiary/aromatic N) is 1. The van der Waals surface area contributed by atoms with Gasteiger partial charge in [-0.3, -0.25) is 9.59 Å². The lowest BCUT2D eigenvalue weighted by Gasteiger charge is -2.07. The van der Waals surface area contributed by atoms with Gasteiger partial charge >= 0.3 is 0 Å². The maximum Gasteiger partial charge on any atom is 0.252 e. The van der Waals surface area contributed by atoms with Crippen molar-refractivity contribution < 1.29 is 9.59 Å². The fourth-order valence-electron chi connectivity index (χ4n) is 1.35. The summed E-state index contributed by atoms with van der Waals surface area (Å²) in [5.74, 6) is 5.01. The van der Waals surface area contributed by atoms with Crippen molar-refractivity contribution in [2.75, 3.05) is 18.5 Å². The third kappa shape index (κ3) is 4.72. The van der Waals surface area contributed by atoms with Gasteiger partial charge < -0.3 is 16.1 Å². The molecule has 0 spiro atoms. The highest BCUT2D eigenvalue weighted by molar-refractivity contribution is 6.33. The van der Waals surface area contributed by atoms with E-state index in [2.05, 4.69) is 21.0 Å². The molecule has 0 bridgehead atoms. The van der Waals surface area contributed by atoms with E-state index < -0.39 is 0 Å². The molecule has 0 saturated carbocycles. The molecule has 1 rings (SSSR count). The summed E-state index contributed by atoms with van der Waals surface area (Å²) < 4.78 is 0. The third-order valence-electron chi connectivity index (χ3n) is 2.25. The zero-order valence-corrected chi connectivity index (χ0v) is 11.3.